The van der Waals surface area contributed by atoms with E-state index >= 15 is 0 Å². The predicted molar refractivity (Wildman–Crippen MR) is 105 cm³/mol. The molecule has 0 fully saturated rings. The Balaban J connectivity index is 1.80. The van der Waals surface area contributed by atoms with Crippen molar-refractivity contribution < 1.29 is 0 Å². The average Bonchev–Trinajstić information content (AvgIpc) is 3.21. The second-order valence-corrected chi connectivity index (χ2v) is 8.32. The van der Waals surface area contributed by atoms with E-state index in [1.54, 1.807) is 23.1 Å². The van der Waals surface area contributed by atoms with Crippen LogP contribution in [0.5, 0.6) is 0 Å². The molecule has 0 radical (unpaired) electrons. The lowest BCUT2D eigenvalue weighted by atomic mass is 10.2. The van der Waals surface area contributed by atoms with Gasteiger partial charge in [0.05, 0.1) is 6.21 Å². The number of thiophene rings is 1. The molecule has 0 amide bonds. The topological polar surface area (TPSA) is 43.1 Å². The summed E-state index contributed by atoms with van der Waals surface area (Å²) in [4.78, 5) is 1.11. The number of nitrogens with zero attached hydrogens (tertiary/aromatic N) is 4. The van der Waals surface area contributed by atoms with Crippen LogP contribution in [0.4, 0.5) is 0 Å². The van der Waals surface area contributed by atoms with Gasteiger partial charge >= 0.3 is 0 Å². The van der Waals surface area contributed by atoms with Gasteiger partial charge in [0.15, 0.2) is 5.82 Å². The number of halogens is 1. The highest BCUT2D eigenvalue weighted by molar-refractivity contribution is 9.10. The molecule has 2 heterocycles. The summed E-state index contributed by atoms with van der Waals surface area (Å²) in [5.74, 6) is 1.97. The first kappa shape index (κ1) is 17.4. The van der Waals surface area contributed by atoms with Gasteiger partial charge in [0.2, 0.25) is 5.16 Å². The molecule has 0 aliphatic carbocycles. The maximum absolute atomic E-state index is 4.61. The highest BCUT2D eigenvalue weighted by atomic mass is 79.9. The van der Waals surface area contributed by atoms with Crippen molar-refractivity contribution in [3.8, 4) is 0 Å². The number of hydrogen-bond acceptors (Lipinski definition) is 5. The first-order valence-electron chi connectivity index (χ1n) is 7.54. The number of benzene rings is 1. The maximum atomic E-state index is 4.61. The molecule has 2 aromatic heterocycles. The van der Waals surface area contributed by atoms with Crippen molar-refractivity contribution in [3.05, 3.63) is 62.5 Å². The lowest BCUT2D eigenvalue weighted by Gasteiger charge is -2.06. The number of hydrogen-bond donors (Lipinski definition) is 0. The Morgan fingerprint density at radius 1 is 1.25 bits per heavy atom. The van der Waals surface area contributed by atoms with Crippen LogP contribution in [0.2, 0.25) is 0 Å². The molecular weight excluding hydrogens is 404 g/mol. The highest BCUT2D eigenvalue weighted by Crippen LogP contribution is 2.25. The van der Waals surface area contributed by atoms with E-state index < -0.39 is 0 Å². The van der Waals surface area contributed by atoms with Gasteiger partial charge in [-0.25, -0.2) is 0 Å². The molecule has 3 rings (SSSR count). The largest absolute Gasteiger partial charge is 0.212 e. The summed E-state index contributed by atoms with van der Waals surface area (Å²) in [5, 5.41) is 16.1. The molecule has 1 aromatic carbocycles. The Morgan fingerprint density at radius 2 is 2.04 bits per heavy atom. The molecule has 4 nitrogen and oxygen atoms in total. The smallest absolute Gasteiger partial charge is 0.191 e. The number of rotatable bonds is 6. The molecule has 0 saturated carbocycles. The van der Waals surface area contributed by atoms with Crippen molar-refractivity contribution in [3.63, 3.8) is 0 Å². The van der Waals surface area contributed by atoms with Gasteiger partial charge in [-0.05, 0) is 29.1 Å². The number of thioether (sulfide) groups is 1. The summed E-state index contributed by atoms with van der Waals surface area (Å²) < 4.78 is 2.94. The Morgan fingerprint density at radius 3 is 2.71 bits per heavy atom. The summed E-state index contributed by atoms with van der Waals surface area (Å²) in [6.45, 7) is 4.20. The molecule has 7 heteroatoms. The molecule has 3 aromatic rings. The fourth-order valence-electron chi connectivity index (χ4n) is 2.04. The van der Waals surface area contributed by atoms with Crippen molar-refractivity contribution in [2.75, 3.05) is 0 Å². The van der Waals surface area contributed by atoms with Gasteiger partial charge in [-0.2, -0.15) is 9.78 Å². The summed E-state index contributed by atoms with van der Waals surface area (Å²) in [7, 11) is 0. The minimum Gasteiger partial charge on any atom is -0.191 e. The Hall–Kier alpha value is -1.44. The SMILES string of the molecule is CC(C)c1nnc(SCc2ccc(Br)cc2)n1/N=C/c1cccs1. The molecule has 0 spiro atoms. The molecule has 0 bridgehead atoms. The van der Waals surface area contributed by atoms with Gasteiger partial charge in [0, 0.05) is 21.0 Å². The first-order chi connectivity index (χ1) is 11.6. The molecule has 0 aliphatic heterocycles. The Labute approximate surface area is 158 Å². The standard InChI is InChI=1S/C17H17BrN4S2/c1-12(2)16-20-21-17(22(16)19-10-15-4-3-9-23-15)24-11-13-5-7-14(18)8-6-13/h3-10,12H,11H2,1-2H3/b19-10+. The van der Waals surface area contributed by atoms with Crippen molar-refractivity contribution in [1.82, 2.24) is 14.9 Å². The van der Waals surface area contributed by atoms with Crippen LogP contribution < -0.4 is 0 Å². The molecule has 24 heavy (non-hydrogen) atoms. The summed E-state index contributed by atoms with van der Waals surface area (Å²) in [5.41, 5.74) is 1.24. The molecule has 0 N–H and O–H groups in total. The van der Waals surface area contributed by atoms with Crippen LogP contribution in [0, 0.1) is 0 Å². The molecule has 0 atom stereocenters. The van der Waals surface area contributed by atoms with E-state index in [1.807, 2.05) is 28.4 Å². The monoisotopic (exact) mass is 420 g/mol. The van der Waals surface area contributed by atoms with Crippen molar-refractivity contribution in [2.45, 2.75) is 30.7 Å². The second-order valence-electron chi connectivity index (χ2n) is 5.48. The number of aromatic nitrogens is 3. The third-order valence-corrected chi connectivity index (χ3v) is 5.60. The van der Waals surface area contributed by atoms with Crippen LogP contribution in [-0.4, -0.2) is 21.1 Å². The maximum Gasteiger partial charge on any atom is 0.212 e. The zero-order valence-corrected chi connectivity index (χ0v) is 16.6. The summed E-state index contributed by atoms with van der Waals surface area (Å²) >= 11 is 6.77. The fraction of sp³-hybridized carbons (Fsp3) is 0.235. The van der Waals surface area contributed by atoms with E-state index in [1.165, 1.54) is 5.56 Å². The van der Waals surface area contributed by atoms with E-state index in [0.29, 0.717) is 0 Å². The summed E-state index contributed by atoms with van der Waals surface area (Å²) in [6, 6.07) is 12.4. The van der Waals surface area contributed by atoms with Crippen LogP contribution in [0.1, 0.15) is 36.0 Å². The van der Waals surface area contributed by atoms with Crippen LogP contribution in [-0.2, 0) is 5.75 Å². The minimum absolute atomic E-state index is 0.264. The molecule has 0 unspecified atom stereocenters. The molecule has 0 saturated heterocycles. The van der Waals surface area contributed by atoms with Gasteiger partial charge in [-0.15, -0.1) is 21.5 Å². The van der Waals surface area contributed by atoms with Gasteiger partial charge in [-0.3, -0.25) is 0 Å². The summed E-state index contributed by atoms with van der Waals surface area (Å²) in [6.07, 6.45) is 1.86. The minimum atomic E-state index is 0.264. The molecular formula is C17H17BrN4S2. The average molecular weight is 421 g/mol. The van der Waals surface area contributed by atoms with E-state index in [2.05, 4.69) is 69.3 Å². The lowest BCUT2D eigenvalue weighted by Crippen LogP contribution is -2.02. The molecule has 0 aliphatic rings. The van der Waals surface area contributed by atoms with Crippen molar-refractivity contribution in [2.24, 2.45) is 5.10 Å². The Kier molecular flexibility index (Phi) is 5.86. The van der Waals surface area contributed by atoms with Gasteiger partial charge < -0.3 is 0 Å². The lowest BCUT2D eigenvalue weighted by molar-refractivity contribution is 0.667. The van der Waals surface area contributed by atoms with E-state index in [0.717, 1.165) is 26.1 Å². The first-order valence-corrected chi connectivity index (χ1v) is 10.2. The van der Waals surface area contributed by atoms with E-state index in [4.69, 9.17) is 0 Å². The van der Waals surface area contributed by atoms with Crippen LogP contribution in [0.3, 0.4) is 0 Å². The molecule has 124 valence electrons. The van der Waals surface area contributed by atoms with Crippen LogP contribution in [0.15, 0.2) is 56.5 Å². The zero-order chi connectivity index (χ0) is 16.9. The third kappa shape index (κ3) is 4.34. The van der Waals surface area contributed by atoms with Crippen molar-refractivity contribution in [1.29, 1.82) is 0 Å². The highest BCUT2D eigenvalue weighted by Gasteiger charge is 2.15. The zero-order valence-electron chi connectivity index (χ0n) is 13.4. The van der Waals surface area contributed by atoms with Gasteiger partial charge in [-0.1, -0.05) is 59.7 Å². The second kappa shape index (κ2) is 8.09. The van der Waals surface area contributed by atoms with E-state index in [-0.39, 0.29) is 5.92 Å². The Bertz CT molecular complexity index is 808. The van der Waals surface area contributed by atoms with Gasteiger partial charge in [0.1, 0.15) is 0 Å². The quantitative estimate of drug-likeness (QED) is 0.395. The normalized spacial score (nSPS) is 11.7. The van der Waals surface area contributed by atoms with Crippen LogP contribution in [0.25, 0.3) is 0 Å². The van der Waals surface area contributed by atoms with Crippen molar-refractivity contribution >= 4 is 45.2 Å². The van der Waals surface area contributed by atoms with Gasteiger partial charge in [0.25, 0.3) is 0 Å². The van der Waals surface area contributed by atoms with E-state index in [9.17, 15) is 0 Å². The predicted octanol–water partition coefficient (Wildman–Crippen LogP) is 5.40. The fourth-order valence-corrected chi connectivity index (χ4v) is 3.74. The third-order valence-electron chi connectivity index (χ3n) is 3.28. The van der Waals surface area contributed by atoms with Crippen LogP contribution >= 0.6 is 39.0 Å².